The number of aromatic amines is 1. The van der Waals surface area contributed by atoms with Crippen molar-refractivity contribution in [3.8, 4) is 0 Å². The number of aliphatic hydroxyl groups is 1. The van der Waals surface area contributed by atoms with E-state index in [-0.39, 0.29) is 47.1 Å². The van der Waals surface area contributed by atoms with Crippen LogP contribution in [0.3, 0.4) is 0 Å². The molecule has 0 aromatic carbocycles. The third-order valence-electron chi connectivity index (χ3n) is 6.87. The molecule has 24 heteroatoms. The van der Waals surface area contributed by atoms with E-state index in [9.17, 15) is 19.4 Å². The Bertz CT molecular complexity index is 1830. The first-order chi connectivity index (χ1) is 20.9. The summed E-state index contributed by atoms with van der Waals surface area (Å²) in [5, 5.41) is 10.6. The Morgan fingerprint density at radius 2 is 1.89 bits per heavy atom. The summed E-state index contributed by atoms with van der Waals surface area (Å²) in [6.07, 6.45) is -5.31. The van der Waals surface area contributed by atoms with Crippen LogP contribution in [0, 0.1) is 0 Å². The van der Waals surface area contributed by atoms with E-state index >= 15 is 4.39 Å². The van der Waals surface area contributed by atoms with Gasteiger partial charge in [-0.05, 0) is 16.4 Å². The highest BCUT2D eigenvalue weighted by molar-refractivity contribution is 8.39. The number of hydrogen-bond acceptors (Lipinski definition) is 16. The van der Waals surface area contributed by atoms with Crippen LogP contribution in [0.2, 0.25) is 0 Å². The van der Waals surface area contributed by atoms with Crippen LogP contribution in [0.5, 0.6) is 0 Å². The zero-order valence-electron chi connectivity index (χ0n) is 22.1. The number of hydrogen-bond donors (Lipinski definition) is 6. The van der Waals surface area contributed by atoms with Crippen molar-refractivity contribution >= 4 is 72.1 Å². The van der Waals surface area contributed by atoms with Crippen LogP contribution in [0.4, 0.5) is 16.2 Å². The lowest BCUT2D eigenvalue weighted by atomic mass is 10.1. The molecule has 0 saturated carbocycles. The fraction of sp³-hybridized carbons (Fsp3) is 0.500. The number of imidazole rings is 2. The number of nitrogen functional groups attached to an aromatic ring is 2. The predicted octanol–water partition coefficient (Wildman–Crippen LogP) is 0.230. The zero-order valence-corrected chi connectivity index (χ0v) is 25.6. The number of thiol groups is 1. The van der Waals surface area contributed by atoms with Gasteiger partial charge in [0.05, 0.1) is 25.4 Å². The van der Waals surface area contributed by atoms with Gasteiger partial charge in [0, 0.05) is 6.42 Å². The molecule has 6 heterocycles. The molecule has 2 saturated heterocycles. The van der Waals surface area contributed by atoms with Crippen LogP contribution >= 0.6 is 26.2 Å². The number of alkyl halides is 1. The number of aliphatic hydroxyl groups excluding tert-OH is 1. The van der Waals surface area contributed by atoms with Crippen LogP contribution in [-0.2, 0) is 39.4 Å². The molecule has 2 aliphatic rings. The maximum absolute atomic E-state index is 15.2. The van der Waals surface area contributed by atoms with Gasteiger partial charge in [-0.2, -0.15) is 4.98 Å². The number of anilines is 2. The number of nitrogens with one attached hydrogen (secondary N) is 1. The van der Waals surface area contributed by atoms with Crippen LogP contribution in [-0.4, -0.2) is 92.8 Å². The monoisotopic (exact) mass is 693 g/mol. The molecule has 4 aromatic rings. The molecule has 7 N–H and O–H groups in total. The lowest BCUT2D eigenvalue weighted by molar-refractivity contribution is -0.0536. The average Bonchev–Trinajstić information content (AvgIpc) is 3.73. The molecule has 0 radical (unpaired) electrons. The molecule has 236 valence electrons. The predicted molar refractivity (Wildman–Crippen MR) is 156 cm³/mol. The van der Waals surface area contributed by atoms with Gasteiger partial charge in [0.25, 0.3) is 5.56 Å². The molecule has 9 atom stereocenters. The molecule has 6 rings (SSSR count). The molecule has 0 amide bonds. The second-order valence-corrected chi connectivity index (χ2v) is 14.2. The molecule has 5 unspecified atom stereocenters. The summed E-state index contributed by atoms with van der Waals surface area (Å²) in [4.78, 5) is 45.7. The van der Waals surface area contributed by atoms with E-state index in [4.69, 9.17) is 46.3 Å². The van der Waals surface area contributed by atoms with Crippen molar-refractivity contribution in [2.75, 3.05) is 24.7 Å². The maximum atomic E-state index is 15.2. The molecule has 2 fully saturated rings. The number of nitrogens with two attached hydrogens (primary N) is 2. The normalized spacial score (nSPS) is 29.0. The second-order valence-electron chi connectivity index (χ2n) is 9.68. The minimum Gasteiger partial charge on any atom is -0.387 e. The van der Waals surface area contributed by atoms with Gasteiger partial charge in [-0.3, -0.25) is 18.9 Å². The summed E-state index contributed by atoms with van der Waals surface area (Å²) >= 11 is 8.94. The van der Waals surface area contributed by atoms with Gasteiger partial charge in [-0.15, -0.1) is 4.52 Å². The maximum Gasteiger partial charge on any atom is 0.582 e. The van der Waals surface area contributed by atoms with E-state index in [0.29, 0.717) is 0 Å². The first-order valence-electron chi connectivity index (χ1n) is 12.6. The number of rotatable bonds is 10. The Morgan fingerprint density at radius 3 is 2.64 bits per heavy atom. The molecule has 2 aliphatic heterocycles. The Morgan fingerprint density at radius 1 is 1.16 bits per heavy atom. The quantitative estimate of drug-likeness (QED) is 0.0959. The summed E-state index contributed by atoms with van der Waals surface area (Å²) in [6.45, 7) is -4.84. The number of aromatic nitrogens is 8. The SMILES string of the molecule is Nc1nc2c(ncn2[C@@H]2O[C@H](CO[P+](=O)S)CC2OP(O)(=S)OC[C@H]2O[C@@H](n3cnc4c(N)ncnc43)C(F)C2O)c(=O)[nH]1. The van der Waals surface area contributed by atoms with Crippen LogP contribution in [0.15, 0.2) is 23.8 Å². The molecule has 4 aromatic heterocycles. The fourth-order valence-electron chi connectivity index (χ4n) is 4.93. The topological polar surface area (TPSA) is 263 Å². The lowest BCUT2D eigenvalue weighted by Crippen LogP contribution is -2.31. The van der Waals surface area contributed by atoms with E-state index in [1.807, 2.05) is 0 Å². The Kier molecular flexibility index (Phi) is 8.67. The minimum atomic E-state index is -4.13. The lowest BCUT2D eigenvalue weighted by Gasteiger charge is -2.25. The molecular weight excluding hydrogens is 669 g/mol. The third-order valence-corrected chi connectivity index (χ3v) is 9.17. The second kappa shape index (κ2) is 12.2. The Labute approximate surface area is 256 Å². The molecule has 44 heavy (non-hydrogen) atoms. The number of ether oxygens (including phenoxy) is 2. The van der Waals surface area contributed by atoms with Crippen molar-refractivity contribution in [3.63, 3.8) is 0 Å². The molecule has 0 spiro atoms. The highest BCUT2D eigenvalue weighted by Crippen LogP contribution is 2.50. The van der Waals surface area contributed by atoms with Crippen molar-refractivity contribution in [2.24, 2.45) is 0 Å². The third kappa shape index (κ3) is 6.07. The molecule has 0 aliphatic carbocycles. The number of fused-ring (bicyclic) bond motifs is 2. The number of H-pyrrole nitrogens is 1. The van der Waals surface area contributed by atoms with E-state index in [1.54, 1.807) is 0 Å². The zero-order chi connectivity index (χ0) is 31.3. The molecular formula is C20H24FN10O9P2S2+. The van der Waals surface area contributed by atoms with Crippen molar-refractivity contribution in [1.82, 2.24) is 39.0 Å². The first-order valence-corrected chi connectivity index (χ1v) is 17.6. The van der Waals surface area contributed by atoms with E-state index in [0.717, 1.165) is 0 Å². The molecule has 0 bridgehead atoms. The highest BCUT2D eigenvalue weighted by Gasteiger charge is 2.47. The van der Waals surface area contributed by atoms with Crippen molar-refractivity contribution in [2.45, 2.75) is 49.5 Å². The van der Waals surface area contributed by atoms with Gasteiger partial charge >= 0.3 is 13.9 Å². The van der Waals surface area contributed by atoms with E-state index in [2.05, 4.69) is 42.2 Å². The average molecular weight is 694 g/mol. The standard InChI is InChI=1S/C20H23FN10O9P2S2/c21-10-13(32)9(39-19(10)30-5-26-11-14(22)24-4-25-15(11)30)3-37-42(35,44)40-8-1-7(2-36-41(34)43)38-18(8)31-6-27-12-16(31)28-20(23)29-17(12)33/h4-10,13,18-19,32H,1-3H2,(H6-,22,23,24,25,28,29,33,34,35,43,44)/p+1/t7-,8?,9+,10?,13?,18+,19+,42?/m0/s1. The van der Waals surface area contributed by atoms with Gasteiger partial charge in [0.2, 0.25) is 5.95 Å². The van der Waals surface area contributed by atoms with E-state index in [1.165, 1.54) is 28.1 Å². The summed E-state index contributed by atoms with van der Waals surface area (Å²) < 4.78 is 57.2. The largest absolute Gasteiger partial charge is 0.582 e. The van der Waals surface area contributed by atoms with Gasteiger partial charge in [0.15, 0.2) is 41.3 Å². The van der Waals surface area contributed by atoms with Gasteiger partial charge in [-0.1, -0.05) is 0 Å². The van der Waals surface area contributed by atoms with Gasteiger partial charge in [0.1, 0.15) is 49.0 Å². The number of halogens is 1. The van der Waals surface area contributed by atoms with Crippen LogP contribution in [0.25, 0.3) is 22.3 Å². The van der Waals surface area contributed by atoms with Crippen molar-refractivity contribution in [3.05, 3.63) is 29.3 Å². The van der Waals surface area contributed by atoms with Crippen molar-refractivity contribution < 1.29 is 42.0 Å². The fourth-order valence-corrected chi connectivity index (χ4v) is 6.87. The molecule has 19 nitrogen and oxygen atoms in total. The van der Waals surface area contributed by atoms with Crippen LogP contribution in [0.1, 0.15) is 18.9 Å². The number of nitrogens with zero attached hydrogens (tertiary/aromatic N) is 7. The summed E-state index contributed by atoms with van der Waals surface area (Å²) in [5.41, 5.74) is 11.3. The first kappa shape index (κ1) is 31.2. The summed E-state index contributed by atoms with van der Waals surface area (Å²) in [7, 11) is -2.25. The Balaban J connectivity index is 1.17. The van der Waals surface area contributed by atoms with Gasteiger partial charge < -0.3 is 40.0 Å². The smallest absolute Gasteiger partial charge is 0.387 e. The van der Waals surface area contributed by atoms with Crippen LogP contribution < -0.4 is 17.0 Å². The summed E-state index contributed by atoms with van der Waals surface area (Å²) in [6, 6.07) is 0. The van der Waals surface area contributed by atoms with Gasteiger partial charge in [-0.25, -0.2) is 24.3 Å². The minimum absolute atomic E-state index is 0.0399. The highest BCUT2D eigenvalue weighted by atomic mass is 32.7. The van der Waals surface area contributed by atoms with E-state index < -0.39 is 69.2 Å². The Hall–Kier alpha value is -2.75. The summed E-state index contributed by atoms with van der Waals surface area (Å²) in [5.74, 6) is -0.0978. The van der Waals surface area contributed by atoms with Crippen molar-refractivity contribution in [1.29, 1.82) is 0 Å².